The highest BCUT2D eigenvalue weighted by Gasteiger charge is 2.24. The number of anilines is 2. The molecule has 1 aromatic carbocycles. The van der Waals surface area contributed by atoms with E-state index in [9.17, 15) is 10.1 Å². The van der Waals surface area contributed by atoms with Crippen LogP contribution in [0.2, 0.25) is 0 Å². The summed E-state index contributed by atoms with van der Waals surface area (Å²) in [6.45, 7) is 5.88. The summed E-state index contributed by atoms with van der Waals surface area (Å²) in [6.07, 6.45) is 2.24. The molecule has 0 N–H and O–H groups in total. The van der Waals surface area contributed by atoms with E-state index >= 15 is 0 Å². The van der Waals surface area contributed by atoms with Crippen LogP contribution in [0.4, 0.5) is 17.1 Å². The molecular weight excluding hydrogens is 268 g/mol. The molecule has 21 heavy (non-hydrogen) atoms. The molecule has 2 aliphatic heterocycles. The molecule has 1 aromatic rings. The van der Waals surface area contributed by atoms with E-state index in [1.165, 1.54) is 0 Å². The molecule has 0 aliphatic carbocycles. The first kappa shape index (κ1) is 14.1. The van der Waals surface area contributed by atoms with E-state index in [-0.39, 0.29) is 10.6 Å². The second-order valence-corrected chi connectivity index (χ2v) is 5.91. The number of likely N-dealkylation sites (N-methyl/N-ethyl adjacent to an activating group) is 1. The molecule has 3 rings (SSSR count). The van der Waals surface area contributed by atoms with Gasteiger partial charge in [-0.1, -0.05) is 0 Å². The van der Waals surface area contributed by atoms with Crippen LogP contribution in [0.15, 0.2) is 18.2 Å². The fraction of sp³-hybridized carbons (Fsp3) is 0.600. The van der Waals surface area contributed by atoms with Crippen molar-refractivity contribution in [1.82, 2.24) is 4.90 Å². The minimum absolute atomic E-state index is 0.231. The molecule has 2 fully saturated rings. The van der Waals surface area contributed by atoms with Gasteiger partial charge in [-0.05, 0) is 32.0 Å². The minimum Gasteiger partial charge on any atom is -0.369 e. The summed E-state index contributed by atoms with van der Waals surface area (Å²) in [5.41, 5.74) is 2.12. The molecule has 2 heterocycles. The summed E-state index contributed by atoms with van der Waals surface area (Å²) in [4.78, 5) is 17.8. The monoisotopic (exact) mass is 290 g/mol. The van der Waals surface area contributed by atoms with Crippen molar-refractivity contribution in [2.45, 2.75) is 12.8 Å². The zero-order valence-electron chi connectivity index (χ0n) is 12.5. The molecule has 0 saturated carbocycles. The first-order valence-corrected chi connectivity index (χ1v) is 7.62. The Kier molecular flexibility index (Phi) is 3.96. The molecule has 6 heteroatoms. The van der Waals surface area contributed by atoms with Crippen molar-refractivity contribution in [2.24, 2.45) is 0 Å². The third-order valence-corrected chi connectivity index (χ3v) is 4.47. The fourth-order valence-electron chi connectivity index (χ4n) is 3.14. The largest absolute Gasteiger partial charge is 0.369 e. The maximum Gasteiger partial charge on any atom is 0.292 e. The van der Waals surface area contributed by atoms with Crippen molar-refractivity contribution in [3.05, 3.63) is 28.3 Å². The van der Waals surface area contributed by atoms with Crippen LogP contribution in [0.25, 0.3) is 0 Å². The normalized spacial score (nSPS) is 20.0. The van der Waals surface area contributed by atoms with Crippen LogP contribution in [0.3, 0.4) is 0 Å². The van der Waals surface area contributed by atoms with Crippen molar-refractivity contribution < 1.29 is 4.92 Å². The van der Waals surface area contributed by atoms with Gasteiger partial charge in [0.25, 0.3) is 5.69 Å². The lowest BCUT2D eigenvalue weighted by Crippen LogP contribution is -2.44. The average Bonchev–Trinajstić information content (AvgIpc) is 3.01. The van der Waals surface area contributed by atoms with E-state index in [0.29, 0.717) is 0 Å². The molecule has 0 radical (unpaired) electrons. The van der Waals surface area contributed by atoms with Crippen LogP contribution in [-0.4, -0.2) is 56.1 Å². The number of hydrogen-bond acceptors (Lipinski definition) is 5. The predicted octanol–water partition coefficient (Wildman–Crippen LogP) is 1.95. The molecule has 6 nitrogen and oxygen atoms in total. The summed E-state index contributed by atoms with van der Waals surface area (Å²) < 4.78 is 0. The first-order valence-electron chi connectivity index (χ1n) is 7.62. The Balaban J connectivity index is 1.88. The zero-order valence-corrected chi connectivity index (χ0v) is 12.5. The molecule has 0 atom stereocenters. The Morgan fingerprint density at radius 2 is 1.67 bits per heavy atom. The van der Waals surface area contributed by atoms with Gasteiger partial charge in [-0.3, -0.25) is 10.1 Å². The molecule has 0 amide bonds. The Bertz CT molecular complexity index is 520. The van der Waals surface area contributed by atoms with E-state index in [1.807, 2.05) is 12.1 Å². The Labute approximate surface area is 125 Å². The topological polar surface area (TPSA) is 52.9 Å². The summed E-state index contributed by atoms with van der Waals surface area (Å²) in [5.74, 6) is 0. The summed E-state index contributed by atoms with van der Waals surface area (Å²) in [7, 11) is 2.13. The number of nitro groups is 1. The van der Waals surface area contributed by atoms with Crippen molar-refractivity contribution in [1.29, 1.82) is 0 Å². The van der Waals surface area contributed by atoms with Gasteiger partial charge in [-0.15, -0.1) is 0 Å². The van der Waals surface area contributed by atoms with E-state index in [0.717, 1.165) is 63.5 Å². The van der Waals surface area contributed by atoms with Gasteiger partial charge in [0.05, 0.1) is 4.92 Å². The van der Waals surface area contributed by atoms with Crippen molar-refractivity contribution in [2.75, 3.05) is 56.1 Å². The highest BCUT2D eigenvalue weighted by atomic mass is 16.6. The van der Waals surface area contributed by atoms with Crippen LogP contribution >= 0.6 is 0 Å². The van der Waals surface area contributed by atoms with E-state index in [1.54, 1.807) is 6.07 Å². The molecule has 2 saturated heterocycles. The Morgan fingerprint density at radius 3 is 2.29 bits per heavy atom. The van der Waals surface area contributed by atoms with Gasteiger partial charge in [0, 0.05) is 51.0 Å². The van der Waals surface area contributed by atoms with Gasteiger partial charge in [0.15, 0.2) is 0 Å². The van der Waals surface area contributed by atoms with Crippen molar-refractivity contribution in [3.63, 3.8) is 0 Å². The SMILES string of the molecule is CN1CCN(c2ccc([N+](=O)[O-])c(N3CCCC3)c2)CC1. The maximum atomic E-state index is 11.3. The number of nitrogens with zero attached hydrogens (tertiary/aromatic N) is 4. The molecular formula is C15H22N4O2. The third-order valence-electron chi connectivity index (χ3n) is 4.47. The van der Waals surface area contributed by atoms with E-state index in [2.05, 4.69) is 21.7 Å². The first-order chi connectivity index (χ1) is 10.1. The summed E-state index contributed by atoms with van der Waals surface area (Å²) in [6, 6.07) is 5.57. The van der Waals surface area contributed by atoms with Gasteiger partial charge in [-0.2, -0.15) is 0 Å². The molecule has 0 bridgehead atoms. The van der Waals surface area contributed by atoms with Gasteiger partial charge in [0.1, 0.15) is 5.69 Å². The Morgan fingerprint density at radius 1 is 1.00 bits per heavy atom. The lowest BCUT2D eigenvalue weighted by atomic mass is 10.2. The predicted molar refractivity (Wildman–Crippen MR) is 84.3 cm³/mol. The van der Waals surface area contributed by atoms with Crippen molar-refractivity contribution in [3.8, 4) is 0 Å². The molecule has 0 unspecified atom stereocenters. The molecule has 0 spiro atoms. The summed E-state index contributed by atoms with van der Waals surface area (Å²) >= 11 is 0. The number of rotatable bonds is 3. The lowest BCUT2D eigenvalue weighted by Gasteiger charge is -2.34. The van der Waals surface area contributed by atoms with Gasteiger partial charge in [0.2, 0.25) is 0 Å². The van der Waals surface area contributed by atoms with Crippen LogP contribution in [0.1, 0.15) is 12.8 Å². The highest BCUT2D eigenvalue weighted by molar-refractivity contribution is 5.70. The fourth-order valence-corrected chi connectivity index (χ4v) is 3.14. The number of nitro benzene ring substituents is 1. The molecule has 114 valence electrons. The lowest BCUT2D eigenvalue weighted by molar-refractivity contribution is -0.384. The van der Waals surface area contributed by atoms with Crippen molar-refractivity contribution >= 4 is 17.1 Å². The van der Waals surface area contributed by atoms with E-state index < -0.39 is 0 Å². The maximum absolute atomic E-state index is 11.3. The standard InChI is InChI=1S/C15H22N4O2/c1-16-8-10-17(11-9-16)13-4-5-14(19(20)21)15(12-13)18-6-2-3-7-18/h4-5,12H,2-3,6-11H2,1H3. The highest BCUT2D eigenvalue weighted by Crippen LogP contribution is 2.34. The second-order valence-electron chi connectivity index (χ2n) is 5.91. The molecule has 2 aliphatic rings. The number of hydrogen-bond donors (Lipinski definition) is 0. The van der Waals surface area contributed by atoms with Crippen LogP contribution in [0, 0.1) is 10.1 Å². The van der Waals surface area contributed by atoms with Gasteiger partial charge < -0.3 is 14.7 Å². The molecule has 0 aromatic heterocycles. The number of benzene rings is 1. The quantitative estimate of drug-likeness (QED) is 0.629. The Hall–Kier alpha value is -1.82. The zero-order chi connectivity index (χ0) is 14.8. The van der Waals surface area contributed by atoms with Crippen LogP contribution < -0.4 is 9.80 Å². The minimum atomic E-state index is -0.262. The van der Waals surface area contributed by atoms with E-state index in [4.69, 9.17) is 0 Å². The number of piperazine rings is 1. The average molecular weight is 290 g/mol. The summed E-state index contributed by atoms with van der Waals surface area (Å²) in [5, 5.41) is 11.3. The van der Waals surface area contributed by atoms with Crippen LogP contribution in [0.5, 0.6) is 0 Å². The second kappa shape index (κ2) is 5.89. The van der Waals surface area contributed by atoms with Gasteiger partial charge >= 0.3 is 0 Å². The smallest absolute Gasteiger partial charge is 0.292 e. The third kappa shape index (κ3) is 2.95. The van der Waals surface area contributed by atoms with Crippen LogP contribution in [-0.2, 0) is 0 Å². The van der Waals surface area contributed by atoms with Gasteiger partial charge in [-0.25, -0.2) is 0 Å².